The molecule has 0 amide bonds. The van der Waals surface area contributed by atoms with E-state index in [-0.39, 0.29) is 0 Å². The Bertz CT molecular complexity index is 609. The number of ether oxygens (including phenoxy) is 2. The van der Waals surface area contributed by atoms with E-state index in [2.05, 4.69) is 19.9 Å². The van der Waals surface area contributed by atoms with Gasteiger partial charge < -0.3 is 14.4 Å². The predicted octanol–water partition coefficient (Wildman–Crippen LogP) is 2.49. The van der Waals surface area contributed by atoms with Gasteiger partial charge in [-0.1, -0.05) is 0 Å². The number of likely N-dealkylation sites (tertiary alicyclic amines) is 1. The Morgan fingerprint density at radius 3 is 3.04 bits per heavy atom. The van der Waals surface area contributed by atoms with Gasteiger partial charge in [0.05, 0.1) is 24.7 Å². The molecule has 0 bridgehead atoms. The van der Waals surface area contributed by atoms with E-state index in [4.69, 9.17) is 9.47 Å². The van der Waals surface area contributed by atoms with Crippen molar-refractivity contribution in [2.75, 3.05) is 33.4 Å². The lowest BCUT2D eigenvalue weighted by Crippen LogP contribution is -2.36. The van der Waals surface area contributed by atoms with E-state index >= 15 is 0 Å². The van der Waals surface area contributed by atoms with Crippen LogP contribution in [0.4, 0.5) is 0 Å². The lowest BCUT2D eigenvalue weighted by Gasteiger charge is -2.32. The topological polar surface area (TPSA) is 60.4 Å². The Hall–Kier alpha value is -2.05. The quantitative estimate of drug-likeness (QED) is 0.816. The molecule has 1 aliphatic rings. The number of aromatic nitrogens is 3. The van der Waals surface area contributed by atoms with Gasteiger partial charge in [-0.15, -0.1) is 0 Å². The highest BCUT2D eigenvalue weighted by Gasteiger charge is 2.22. The summed E-state index contributed by atoms with van der Waals surface area (Å²) in [5.74, 6) is 1.58. The first-order valence-electron chi connectivity index (χ1n) is 7.96. The highest BCUT2D eigenvalue weighted by atomic mass is 16.5. The second-order valence-electron chi connectivity index (χ2n) is 5.71. The molecule has 1 unspecified atom stereocenters. The van der Waals surface area contributed by atoms with Crippen LogP contribution >= 0.6 is 0 Å². The monoisotopic (exact) mass is 314 g/mol. The lowest BCUT2D eigenvalue weighted by molar-refractivity contribution is 0.127. The molecule has 0 aliphatic carbocycles. The van der Waals surface area contributed by atoms with Gasteiger partial charge in [0.15, 0.2) is 0 Å². The Balaban J connectivity index is 1.67. The summed E-state index contributed by atoms with van der Waals surface area (Å²) in [4.78, 5) is 15.4. The van der Waals surface area contributed by atoms with Crippen molar-refractivity contribution in [2.45, 2.75) is 18.8 Å². The van der Waals surface area contributed by atoms with Crippen LogP contribution < -0.4 is 4.74 Å². The summed E-state index contributed by atoms with van der Waals surface area (Å²) in [5, 5.41) is 0. The summed E-state index contributed by atoms with van der Waals surface area (Å²) < 4.78 is 10.9. The van der Waals surface area contributed by atoms with Gasteiger partial charge in [-0.2, -0.15) is 0 Å². The third-order valence-electron chi connectivity index (χ3n) is 4.02. The van der Waals surface area contributed by atoms with E-state index in [1.807, 2.05) is 18.3 Å². The molecule has 0 spiro atoms. The fourth-order valence-corrected chi connectivity index (χ4v) is 2.86. The van der Waals surface area contributed by atoms with Crippen molar-refractivity contribution in [3.05, 3.63) is 42.6 Å². The number of rotatable bonds is 6. The number of methoxy groups -OCH3 is 1. The van der Waals surface area contributed by atoms with Gasteiger partial charge in [-0.3, -0.25) is 9.97 Å². The highest BCUT2D eigenvalue weighted by molar-refractivity contribution is 5.23. The van der Waals surface area contributed by atoms with E-state index in [0.29, 0.717) is 17.5 Å². The maximum atomic E-state index is 5.73. The summed E-state index contributed by atoms with van der Waals surface area (Å²) in [5.41, 5.74) is 0.994. The minimum atomic E-state index is 0.394. The second-order valence-corrected chi connectivity index (χ2v) is 5.71. The number of hydrogen-bond donors (Lipinski definition) is 0. The zero-order chi connectivity index (χ0) is 15.9. The van der Waals surface area contributed by atoms with Crippen molar-refractivity contribution in [3.8, 4) is 11.6 Å². The van der Waals surface area contributed by atoms with E-state index in [1.54, 1.807) is 25.7 Å². The second kappa shape index (κ2) is 7.99. The Kier molecular flexibility index (Phi) is 5.50. The molecule has 2 aromatic heterocycles. The van der Waals surface area contributed by atoms with Gasteiger partial charge in [0.2, 0.25) is 5.88 Å². The zero-order valence-corrected chi connectivity index (χ0v) is 13.4. The third kappa shape index (κ3) is 4.46. The van der Waals surface area contributed by atoms with Crippen molar-refractivity contribution in [1.82, 2.24) is 19.9 Å². The van der Waals surface area contributed by atoms with E-state index in [1.165, 1.54) is 6.42 Å². The predicted molar refractivity (Wildman–Crippen MR) is 86.6 cm³/mol. The van der Waals surface area contributed by atoms with Crippen LogP contribution in [0.1, 0.15) is 24.5 Å². The van der Waals surface area contributed by atoms with Crippen LogP contribution in [0.2, 0.25) is 0 Å². The van der Waals surface area contributed by atoms with Gasteiger partial charge in [0.25, 0.3) is 0 Å². The molecule has 1 atom stereocenters. The molecule has 23 heavy (non-hydrogen) atoms. The summed E-state index contributed by atoms with van der Waals surface area (Å²) in [6.07, 6.45) is 9.17. The summed E-state index contributed by atoms with van der Waals surface area (Å²) in [6, 6.07) is 3.69. The minimum Gasteiger partial charge on any atom is -0.436 e. The summed E-state index contributed by atoms with van der Waals surface area (Å²) >= 11 is 0. The van der Waals surface area contributed by atoms with Crippen molar-refractivity contribution in [1.29, 1.82) is 0 Å². The van der Waals surface area contributed by atoms with Gasteiger partial charge in [-0.05, 0) is 31.5 Å². The molecule has 122 valence electrons. The highest BCUT2D eigenvalue weighted by Crippen LogP contribution is 2.27. The molecule has 1 aliphatic heterocycles. The van der Waals surface area contributed by atoms with Crippen molar-refractivity contribution in [2.24, 2.45) is 0 Å². The average molecular weight is 314 g/mol. The van der Waals surface area contributed by atoms with E-state index in [9.17, 15) is 0 Å². The van der Waals surface area contributed by atoms with Gasteiger partial charge >= 0.3 is 0 Å². The maximum Gasteiger partial charge on any atom is 0.238 e. The average Bonchev–Trinajstić information content (AvgIpc) is 2.61. The van der Waals surface area contributed by atoms with Crippen LogP contribution in [0, 0.1) is 0 Å². The number of piperidine rings is 1. The van der Waals surface area contributed by atoms with Crippen LogP contribution in [0.25, 0.3) is 0 Å². The van der Waals surface area contributed by atoms with Crippen molar-refractivity contribution >= 4 is 0 Å². The van der Waals surface area contributed by atoms with Gasteiger partial charge in [-0.25, -0.2) is 4.98 Å². The zero-order valence-electron chi connectivity index (χ0n) is 13.4. The van der Waals surface area contributed by atoms with Crippen molar-refractivity contribution < 1.29 is 9.47 Å². The van der Waals surface area contributed by atoms with Crippen LogP contribution in [0.3, 0.4) is 0 Å². The third-order valence-corrected chi connectivity index (χ3v) is 4.02. The molecule has 1 saturated heterocycles. The smallest absolute Gasteiger partial charge is 0.238 e. The lowest BCUT2D eigenvalue weighted by atomic mass is 9.95. The molecule has 0 aromatic carbocycles. The normalized spacial score (nSPS) is 18.7. The van der Waals surface area contributed by atoms with Gasteiger partial charge in [0.1, 0.15) is 5.75 Å². The van der Waals surface area contributed by atoms with Gasteiger partial charge in [0, 0.05) is 38.5 Å². The van der Waals surface area contributed by atoms with Crippen molar-refractivity contribution in [3.63, 3.8) is 0 Å². The molecule has 6 nitrogen and oxygen atoms in total. The number of pyridine rings is 1. The molecule has 1 fully saturated rings. The summed E-state index contributed by atoms with van der Waals surface area (Å²) in [7, 11) is 1.74. The molecule has 6 heteroatoms. The fraction of sp³-hybridized carbons (Fsp3) is 0.471. The molecule has 0 radical (unpaired) electrons. The molecular weight excluding hydrogens is 292 g/mol. The number of nitrogens with zero attached hydrogens (tertiary/aromatic N) is 4. The van der Waals surface area contributed by atoms with Crippen LogP contribution in [-0.4, -0.2) is 53.2 Å². The molecular formula is C17H22N4O2. The van der Waals surface area contributed by atoms with Crippen LogP contribution in [0.5, 0.6) is 11.6 Å². The Morgan fingerprint density at radius 2 is 2.22 bits per heavy atom. The minimum absolute atomic E-state index is 0.394. The SMILES string of the molecule is COCCN1CCCC(c2cncc(Oc3cccnc3)n2)C1. The first-order chi connectivity index (χ1) is 11.3. The van der Waals surface area contributed by atoms with Crippen LogP contribution in [-0.2, 0) is 4.74 Å². The Morgan fingerprint density at radius 1 is 1.26 bits per heavy atom. The van der Waals surface area contributed by atoms with E-state index < -0.39 is 0 Å². The molecule has 3 heterocycles. The standard InChI is InChI=1S/C17H22N4O2/c1-22-9-8-21-7-3-4-14(13-21)16-11-19-12-17(20-16)23-15-5-2-6-18-10-15/h2,5-6,10-12,14H,3-4,7-9,13H2,1H3. The van der Waals surface area contributed by atoms with E-state index in [0.717, 1.165) is 38.4 Å². The molecule has 3 rings (SSSR count). The number of hydrogen-bond acceptors (Lipinski definition) is 6. The summed E-state index contributed by atoms with van der Waals surface area (Å²) in [6.45, 7) is 3.85. The fourth-order valence-electron chi connectivity index (χ4n) is 2.86. The maximum absolute atomic E-state index is 5.73. The Labute approximate surface area is 136 Å². The molecule has 2 aromatic rings. The largest absolute Gasteiger partial charge is 0.436 e. The molecule has 0 saturated carbocycles. The molecule has 0 N–H and O–H groups in total. The first kappa shape index (κ1) is 15.8. The van der Waals surface area contributed by atoms with Crippen LogP contribution in [0.15, 0.2) is 36.9 Å². The first-order valence-corrected chi connectivity index (χ1v) is 7.96.